The van der Waals surface area contributed by atoms with Crippen molar-refractivity contribution in [2.24, 2.45) is 4.99 Å². The maximum atomic E-state index is 14.6. The van der Waals surface area contributed by atoms with Crippen molar-refractivity contribution >= 4 is 23.3 Å². The lowest BCUT2D eigenvalue weighted by Crippen LogP contribution is -2.40. The Kier molecular flexibility index (Phi) is 7.41. The number of ether oxygens (including phenoxy) is 1. The molecule has 0 bridgehead atoms. The number of carbonyl (C=O) groups is 1. The van der Waals surface area contributed by atoms with Crippen molar-refractivity contribution in [1.82, 2.24) is 4.90 Å². The number of methoxy groups -OCH3 is 1. The molecule has 0 spiro atoms. The average molecular weight is 440 g/mol. The van der Waals surface area contributed by atoms with Gasteiger partial charge in [0.15, 0.2) is 11.6 Å². The number of nitrogens with zero attached hydrogens (tertiary/aromatic N) is 2. The molecule has 2 aromatic carbocycles. The zero-order valence-electron chi connectivity index (χ0n) is 18.7. The van der Waals surface area contributed by atoms with Gasteiger partial charge in [0, 0.05) is 30.1 Å². The van der Waals surface area contributed by atoms with Crippen LogP contribution in [0.1, 0.15) is 41.8 Å². The second-order valence-corrected chi connectivity index (χ2v) is 7.55. The summed E-state index contributed by atoms with van der Waals surface area (Å²) in [4.78, 5) is 17.7. The highest BCUT2D eigenvalue weighted by Crippen LogP contribution is 2.29. The molecule has 1 heterocycles. The number of halogens is 2. The lowest BCUT2D eigenvalue weighted by molar-refractivity contribution is 0.112. The maximum Gasteiger partial charge on any atom is 0.201 e. The number of hydrogen-bond acceptors (Lipinski definition) is 5. The molecule has 0 aliphatic carbocycles. The average Bonchev–Trinajstić information content (AvgIpc) is 2.86. The molecule has 0 saturated heterocycles. The molecule has 1 N–H and O–H groups in total. The normalized spacial score (nSPS) is 20.7. The van der Waals surface area contributed by atoms with Gasteiger partial charge in [0.1, 0.15) is 12.5 Å². The third-order valence-corrected chi connectivity index (χ3v) is 5.47. The van der Waals surface area contributed by atoms with Gasteiger partial charge in [-0.1, -0.05) is 13.0 Å². The van der Waals surface area contributed by atoms with Crippen molar-refractivity contribution in [3.05, 3.63) is 77.1 Å². The molecule has 1 aliphatic heterocycles. The molecular formula is C25H27F2N3O2. The zero-order valence-corrected chi connectivity index (χ0v) is 18.7. The van der Waals surface area contributed by atoms with Gasteiger partial charge in [-0.05, 0) is 67.4 Å². The number of aliphatic imine (C=N–C) groups is 1. The van der Waals surface area contributed by atoms with E-state index in [4.69, 9.17) is 4.74 Å². The zero-order chi connectivity index (χ0) is 23.3. The molecule has 1 atom stereocenters. The third-order valence-electron chi connectivity index (χ3n) is 5.47. The van der Waals surface area contributed by atoms with E-state index in [0.717, 1.165) is 29.7 Å². The fourth-order valence-electron chi connectivity index (χ4n) is 3.63. The van der Waals surface area contributed by atoms with E-state index in [0.29, 0.717) is 17.6 Å². The Morgan fingerprint density at radius 1 is 1.25 bits per heavy atom. The molecule has 1 aliphatic rings. The molecule has 0 saturated carbocycles. The predicted molar refractivity (Wildman–Crippen MR) is 124 cm³/mol. The predicted octanol–water partition coefficient (Wildman–Crippen LogP) is 5.44. The Hall–Kier alpha value is -3.48. The van der Waals surface area contributed by atoms with Crippen molar-refractivity contribution < 1.29 is 18.3 Å². The van der Waals surface area contributed by atoms with E-state index in [-0.39, 0.29) is 17.5 Å². The standard InChI is InChI=1S/C25H27F2N3O2/c1-5-17-13-20(9-8-19(17)15-31)29-25-16(2)28-14-18(7-6-12-30(25)3)21-10-11-22(32-4)24(27)23(21)26/h6,8-15,25,29H,5,7H2,1-4H3/b12-6-,18-14+,28-16+. The van der Waals surface area contributed by atoms with E-state index in [9.17, 15) is 13.6 Å². The number of carbonyl (C=O) groups excluding carboxylic acids is 1. The maximum absolute atomic E-state index is 14.6. The van der Waals surface area contributed by atoms with Gasteiger partial charge in [0.05, 0.1) is 12.8 Å². The summed E-state index contributed by atoms with van der Waals surface area (Å²) in [7, 11) is 3.21. The van der Waals surface area contributed by atoms with Gasteiger partial charge < -0.3 is 15.0 Å². The number of benzene rings is 2. The summed E-state index contributed by atoms with van der Waals surface area (Å²) in [6.07, 6.45) is 7.04. The fraction of sp³-hybridized carbons (Fsp3) is 0.280. The summed E-state index contributed by atoms with van der Waals surface area (Å²) in [5.74, 6) is -2.11. The van der Waals surface area contributed by atoms with Crippen LogP contribution in [0.25, 0.3) is 5.57 Å². The highest BCUT2D eigenvalue weighted by molar-refractivity contribution is 5.91. The van der Waals surface area contributed by atoms with E-state index in [1.54, 1.807) is 12.3 Å². The summed E-state index contributed by atoms with van der Waals surface area (Å²) in [5.41, 5.74) is 3.93. The molecule has 0 amide bonds. The van der Waals surface area contributed by atoms with Gasteiger partial charge in [-0.2, -0.15) is 4.39 Å². The SMILES string of the molecule is CCc1cc(NC2/C(C)=N/C=C(/c3ccc(OC)c(F)c3F)C/C=C\N2C)ccc1C=O. The summed E-state index contributed by atoms with van der Waals surface area (Å²) < 4.78 is 33.7. The molecule has 3 rings (SSSR count). The van der Waals surface area contributed by atoms with E-state index in [2.05, 4.69) is 10.3 Å². The Morgan fingerprint density at radius 3 is 2.72 bits per heavy atom. The second-order valence-electron chi connectivity index (χ2n) is 7.55. The largest absolute Gasteiger partial charge is 0.494 e. The first-order valence-corrected chi connectivity index (χ1v) is 10.4. The van der Waals surface area contributed by atoms with E-state index in [1.807, 2.05) is 50.2 Å². The Labute approximate surface area is 187 Å². The molecule has 2 aromatic rings. The number of hydrogen-bond donors (Lipinski definition) is 1. The number of nitrogens with one attached hydrogen (secondary N) is 1. The van der Waals surface area contributed by atoms with Crippen molar-refractivity contribution in [3.63, 3.8) is 0 Å². The van der Waals surface area contributed by atoms with Crippen LogP contribution in [0.4, 0.5) is 14.5 Å². The van der Waals surface area contributed by atoms with Crippen molar-refractivity contribution in [1.29, 1.82) is 0 Å². The first-order chi connectivity index (χ1) is 15.4. The van der Waals surface area contributed by atoms with Crippen LogP contribution in [0.2, 0.25) is 0 Å². The van der Waals surface area contributed by atoms with Crippen LogP contribution in [0.5, 0.6) is 5.75 Å². The molecule has 0 radical (unpaired) electrons. The van der Waals surface area contributed by atoms with Crippen molar-refractivity contribution in [2.45, 2.75) is 32.9 Å². The number of allylic oxidation sites excluding steroid dienone is 2. The summed E-state index contributed by atoms with van der Waals surface area (Å²) >= 11 is 0. The number of aryl methyl sites for hydroxylation is 1. The summed E-state index contributed by atoms with van der Waals surface area (Å²) in [6, 6.07) is 8.52. The molecule has 5 nitrogen and oxygen atoms in total. The number of aldehydes is 1. The molecule has 32 heavy (non-hydrogen) atoms. The van der Waals surface area contributed by atoms with Crippen LogP contribution in [-0.4, -0.2) is 37.2 Å². The molecule has 7 heteroatoms. The molecule has 0 fully saturated rings. The van der Waals surface area contributed by atoms with Gasteiger partial charge in [0.2, 0.25) is 5.82 Å². The van der Waals surface area contributed by atoms with Crippen LogP contribution in [0, 0.1) is 11.6 Å². The minimum Gasteiger partial charge on any atom is -0.494 e. The first kappa shape index (κ1) is 23.2. The Bertz CT molecular complexity index is 1090. The first-order valence-electron chi connectivity index (χ1n) is 10.4. The molecule has 1 unspecified atom stereocenters. The third kappa shape index (κ3) is 4.88. The fourth-order valence-corrected chi connectivity index (χ4v) is 3.63. The number of rotatable bonds is 6. The van der Waals surface area contributed by atoms with Crippen molar-refractivity contribution in [2.75, 3.05) is 19.5 Å². The van der Waals surface area contributed by atoms with Gasteiger partial charge >= 0.3 is 0 Å². The van der Waals surface area contributed by atoms with Gasteiger partial charge in [-0.3, -0.25) is 9.79 Å². The highest BCUT2D eigenvalue weighted by Gasteiger charge is 2.19. The Morgan fingerprint density at radius 2 is 2.03 bits per heavy atom. The lowest BCUT2D eigenvalue weighted by atomic mass is 10.0. The molecular weight excluding hydrogens is 412 g/mol. The topological polar surface area (TPSA) is 53.9 Å². The van der Waals surface area contributed by atoms with Gasteiger partial charge in [-0.15, -0.1) is 0 Å². The van der Waals surface area contributed by atoms with E-state index in [1.165, 1.54) is 19.2 Å². The molecule has 0 aromatic heterocycles. The van der Waals surface area contributed by atoms with Crippen LogP contribution in [0.3, 0.4) is 0 Å². The second kappa shape index (κ2) is 10.2. The van der Waals surface area contributed by atoms with Crippen LogP contribution in [0.15, 0.2) is 53.8 Å². The van der Waals surface area contributed by atoms with E-state index >= 15 is 0 Å². The minimum atomic E-state index is -1.02. The van der Waals surface area contributed by atoms with Gasteiger partial charge in [-0.25, -0.2) is 4.39 Å². The van der Waals surface area contributed by atoms with Crippen LogP contribution >= 0.6 is 0 Å². The van der Waals surface area contributed by atoms with Crippen LogP contribution < -0.4 is 10.1 Å². The lowest BCUT2D eigenvalue weighted by Gasteiger charge is -2.28. The van der Waals surface area contributed by atoms with Gasteiger partial charge in [0.25, 0.3) is 0 Å². The highest BCUT2D eigenvalue weighted by atomic mass is 19.2. The molecule has 168 valence electrons. The van der Waals surface area contributed by atoms with Crippen molar-refractivity contribution in [3.8, 4) is 5.75 Å². The van der Waals surface area contributed by atoms with Crippen LogP contribution in [-0.2, 0) is 6.42 Å². The Balaban J connectivity index is 1.94. The minimum absolute atomic E-state index is 0.138. The quantitative estimate of drug-likeness (QED) is 0.609. The number of anilines is 1. The summed E-state index contributed by atoms with van der Waals surface area (Å²) in [5, 5.41) is 3.44. The van der Waals surface area contributed by atoms with E-state index < -0.39 is 11.6 Å². The smallest absolute Gasteiger partial charge is 0.201 e. The summed E-state index contributed by atoms with van der Waals surface area (Å²) in [6.45, 7) is 3.87. The monoisotopic (exact) mass is 439 g/mol.